The summed E-state index contributed by atoms with van der Waals surface area (Å²) < 4.78 is 37.8. The Kier molecular flexibility index (Phi) is 4.41. The molecule has 98 valence electrons. The number of pyridine rings is 1. The van der Waals surface area contributed by atoms with Crippen LogP contribution in [0.3, 0.4) is 0 Å². The Hall–Kier alpha value is -1.48. The molecule has 1 unspecified atom stereocenters. The van der Waals surface area contributed by atoms with Gasteiger partial charge in [-0.15, -0.1) is 0 Å². The molecule has 0 aliphatic rings. The minimum absolute atomic E-state index is 0.0950. The number of anilines is 1. The molecule has 18 heavy (non-hydrogen) atoms. The minimum Gasteiger partial charge on any atom is -0.356 e. The van der Waals surface area contributed by atoms with Gasteiger partial charge in [0, 0.05) is 13.1 Å². The van der Waals surface area contributed by atoms with Crippen molar-refractivity contribution in [3.05, 3.63) is 22.8 Å². The predicted molar refractivity (Wildman–Crippen MR) is 62.3 cm³/mol. The average molecular weight is 278 g/mol. The van der Waals surface area contributed by atoms with Gasteiger partial charge in [-0.1, -0.05) is 11.6 Å². The van der Waals surface area contributed by atoms with Gasteiger partial charge >= 0.3 is 6.18 Å². The van der Waals surface area contributed by atoms with Crippen molar-refractivity contribution in [3.8, 4) is 6.07 Å². The molecule has 0 aliphatic heterocycles. The van der Waals surface area contributed by atoms with Gasteiger partial charge in [0.25, 0.3) is 0 Å². The fourth-order valence-electron chi connectivity index (χ4n) is 1.32. The highest BCUT2D eigenvalue weighted by Crippen LogP contribution is 2.32. The monoisotopic (exact) mass is 277 g/mol. The van der Waals surface area contributed by atoms with Gasteiger partial charge in [0.15, 0.2) is 0 Å². The van der Waals surface area contributed by atoms with E-state index in [0.29, 0.717) is 0 Å². The van der Waals surface area contributed by atoms with E-state index in [9.17, 15) is 13.2 Å². The van der Waals surface area contributed by atoms with Gasteiger partial charge in [0.1, 0.15) is 11.0 Å². The summed E-state index contributed by atoms with van der Waals surface area (Å²) in [5.41, 5.74) is -0.853. The molecule has 0 aliphatic carbocycles. The summed E-state index contributed by atoms with van der Waals surface area (Å²) >= 11 is 5.58. The van der Waals surface area contributed by atoms with Crippen molar-refractivity contribution in [2.45, 2.75) is 25.6 Å². The molecule has 3 nitrogen and oxygen atoms in total. The van der Waals surface area contributed by atoms with Crippen LogP contribution < -0.4 is 4.90 Å². The molecule has 0 saturated heterocycles. The molecule has 0 N–H and O–H groups in total. The number of rotatable bonds is 3. The van der Waals surface area contributed by atoms with Crippen molar-refractivity contribution in [2.24, 2.45) is 0 Å². The third-order valence-corrected chi connectivity index (χ3v) is 2.71. The molecule has 0 bridgehead atoms. The van der Waals surface area contributed by atoms with E-state index in [1.807, 2.05) is 6.07 Å². The highest BCUT2D eigenvalue weighted by Gasteiger charge is 2.32. The van der Waals surface area contributed by atoms with Crippen LogP contribution >= 0.6 is 11.6 Å². The Labute approximate surface area is 108 Å². The molecule has 0 radical (unpaired) electrons. The molecule has 1 aromatic heterocycles. The highest BCUT2D eigenvalue weighted by atomic mass is 35.5. The van der Waals surface area contributed by atoms with Crippen LogP contribution in [0.5, 0.6) is 0 Å². The summed E-state index contributed by atoms with van der Waals surface area (Å²) in [5.74, 6) is 0.0950. The zero-order valence-corrected chi connectivity index (χ0v) is 10.5. The van der Waals surface area contributed by atoms with E-state index in [2.05, 4.69) is 4.98 Å². The van der Waals surface area contributed by atoms with Gasteiger partial charge in [-0.05, 0) is 19.1 Å². The van der Waals surface area contributed by atoms with Gasteiger partial charge in [0.05, 0.1) is 18.1 Å². The second kappa shape index (κ2) is 5.44. The molecule has 7 heteroatoms. The summed E-state index contributed by atoms with van der Waals surface area (Å²) in [5, 5.41) is 8.34. The zero-order chi connectivity index (χ0) is 13.9. The molecule has 1 aromatic rings. The molecule has 0 amide bonds. The number of hydrogen-bond donors (Lipinski definition) is 0. The van der Waals surface area contributed by atoms with Crippen molar-refractivity contribution in [3.63, 3.8) is 0 Å². The number of nitriles is 1. The smallest absolute Gasteiger partial charge is 0.356 e. The molecular formula is C11H11ClF3N3. The Morgan fingerprint density at radius 2 is 2.11 bits per heavy atom. The fraction of sp³-hybridized carbons (Fsp3) is 0.455. The normalized spacial score (nSPS) is 12.9. The Bertz CT molecular complexity index is 468. The van der Waals surface area contributed by atoms with E-state index in [0.717, 1.165) is 12.1 Å². The van der Waals surface area contributed by atoms with E-state index in [1.54, 1.807) is 14.0 Å². The lowest BCUT2D eigenvalue weighted by Gasteiger charge is -2.24. The summed E-state index contributed by atoms with van der Waals surface area (Å²) in [6.45, 7) is 1.72. The van der Waals surface area contributed by atoms with Crippen molar-refractivity contribution in [1.82, 2.24) is 4.98 Å². The Morgan fingerprint density at radius 1 is 1.50 bits per heavy atom. The van der Waals surface area contributed by atoms with E-state index >= 15 is 0 Å². The first-order chi connectivity index (χ1) is 8.25. The maximum Gasteiger partial charge on any atom is 0.416 e. The maximum absolute atomic E-state index is 12.6. The first-order valence-electron chi connectivity index (χ1n) is 5.10. The second-order valence-electron chi connectivity index (χ2n) is 3.86. The van der Waals surface area contributed by atoms with Crippen molar-refractivity contribution in [2.75, 3.05) is 11.9 Å². The molecule has 0 saturated carbocycles. The Balaban J connectivity index is 3.11. The SMILES string of the molecule is CC(CC#N)N(C)c1cc(C(F)(F)F)cc(Cl)n1. The van der Waals surface area contributed by atoms with Crippen LogP contribution in [0.25, 0.3) is 0 Å². The predicted octanol–water partition coefficient (Wildman–Crippen LogP) is 3.49. The van der Waals surface area contributed by atoms with E-state index in [1.165, 1.54) is 4.90 Å². The summed E-state index contributed by atoms with van der Waals surface area (Å²) in [4.78, 5) is 5.32. The van der Waals surface area contributed by atoms with Gasteiger partial charge in [-0.2, -0.15) is 18.4 Å². The van der Waals surface area contributed by atoms with Crippen LogP contribution in [0.2, 0.25) is 5.15 Å². The number of aromatic nitrogens is 1. The fourth-order valence-corrected chi connectivity index (χ4v) is 1.53. The molecule has 0 aromatic carbocycles. The van der Waals surface area contributed by atoms with Crippen molar-refractivity contribution < 1.29 is 13.2 Å². The summed E-state index contributed by atoms with van der Waals surface area (Å²) in [7, 11) is 1.57. The molecule has 1 atom stereocenters. The van der Waals surface area contributed by atoms with Gasteiger partial charge in [-0.3, -0.25) is 0 Å². The molecule has 1 heterocycles. The molecular weight excluding hydrogens is 267 g/mol. The topological polar surface area (TPSA) is 39.9 Å². The number of alkyl halides is 3. The molecule has 0 spiro atoms. The van der Waals surface area contributed by atoms with Crippen LogP contribution in [0.4, 0.5) is 19.0 Å². The quantitative estimate of drug-likeness (QED) is 0.794. The second-order valence-corrected chi connectivity index (χ2v) is 4.24. The summed E-state index contributed by atoms with van der Waals surface area (Å²) in [6, 6.07) is 3.39. The molecule has 1 rings (SSSR count). The van der Waals surface area contributed by atoms with Crippen molar-refractivity contribution >= 4 is 17.4 Å². The lowest BCUT2D eigenvalue weighted by Crippen LogP contribution is -2.29. The first kappa shape index (κ1) is 14.6. The van der Waals surface area contributed by atoms with Crippen LogP contribution in [0.15, 0.2) is 12.1 Å². The van der Waals surface area contributed by atoms with Gasteiger partial charge in [0.2, 0.25) is 0 Å². The van der Waals surface area contributed by atoms with Crippen molar-refractivity contribution in [1.29, 1.82) is 5.26 Å². The van der Waals surface area contributed by atoms with Gasteiger partial charge in [-0.25, -0.2) is 4.98 Å². The zero-order valence-electron chi connectivity index (χ0n) is 9.79. The van der Waals surface area contributed by atoms with Gasteiger partial charge < -0.3 is 4.90 Å². The average Bonchev–Trinajstić information content (AvgIpc) is 2.26. The van der Waals surface area contributed by atoms with Crippen LogP contribution in [0.1, 0.15) is 18.9 Å². The van der Waals surface area contributed by atoms with E-state index in [-0.39, 0.29) is 23.4 Å². The third-order valence-electron chi connectivity index (χ3n) is 2.52. The summed E-state index contributed by atoms with van der Waals surface area (Å²) in [6.07, 6.45) is -4.29. The minimum atomic E-state index is -4.47. The highest BCUT2D eigenvalue weighted by molar-refractivity contribution is 6.29. The largest absolute Gasteiger partial charge is 0.416 e. The van der Waals surface area contributed by atoms with Crippen LogP contribution in [-0.4, -0.2) is 18.1 Å². The number of halogens is 4. The number of hydrogen-bond acceptors (Lipinski definition) is 3. The lowest BCUT2D eigenvalue weighted by atomic mass is 10.2. The third kappa shape index (κ3) is 3.50. The first-order valence-corrected chi connectivity index (χ1v) is 5.48. The lowest BCUT2D eigenvalue weighted by molar-refractivity contribution is -0.137. The van der Waals surface area contributed by atoms with E-state index < -0.39 is 11.7 Å². The maximum atomic E-state index is 12.6. The van der Waals surface area contributed by atoms with Crippen LogP contribution in [-0.2, 0) is 6.18 Å². The van der Waals surface area contributed by atoms with E-state index in [4.69, 9.17) is 16.9 Å². The van der Waals surface area contributed by atoms with Crippen LogP contribution in [0, 0.1) is 11.3 Å². The number of nitrogens with zero attached hydrogens (tertiary/aromatic N) is 3. The molecule has 0 fully saturated rings. The standard InChI is InChI=1S/C11H11ClF3N3/c1-7(3-4-16)18(2)10-6-8(11(13,14)15)5-9(12)17-10/h5-7H,3H2,1-2H3. The Morgan fingerprint density at radius 3 is 2.61 bits per heavy atom.